The largest absolute Gasteiger partial charge is 0.392 e. The van der Waals surface area contributed by atoms with Crippen molar-refractivity contribution in [3.63, 3.8) is 0 Å². The van der Waals surface area contributed by atoms with E-state index in [2.05, 4.69) is 69.9 Å². The van der Waals surface area contributed by atoms with E-state index in [9.17, 15) is 10.2 Å². The SMILES string of the molecule is CC1(C)CCCC2CCC(C)(C)C(O)C2C1O.Cc1ccc2cnc(-c3[c-]cccc3)cc2c1.[Ir]. The number of aryl methyl sites for hydroxylation is 1. The number of aromatic nitrogens is 1. The van der Waals surface area contributed by atoms with Gasteiger partial charge in [0, 0.05) is 32.2 Å². The Hall–Kier alpha value is -1.58. The Morgan fingerprint density at radius 1 is 0.886 bits per heavy atom. The minimum Gasteiger partial charge on any atom is -0.392 e. The number of pyridine rings is 1. The summed E-state index contributed by atoms with van der Waals surface area (Å²) in [5.41, 5.74) is 3.20. The van der Waals surface area contributed by atoms with Crippen LogP contribution in [0.4, 0.5) is 0 Å². The summed E-state index contributed by atoms with van der Waals surface area (Å²) in [4.78, 5) is 4.48. The van der Waals surface area contributed by atoms with Gasteiger partial charge in [0.1, 0.15) is 0 Å². The summed E-state index contributed by atoms with van der Waals surface area (Å²) in [6.45, 7) is 10.7. The molecule has 5 rings (SSSR count). The molecule has 4 atom stereocenters. The summed E-state index contributed by atoms with van der Waals surface area (Å²) in [6, 6.07) is 19.6. The van der Waals surface area contributed by atoms with E-state index in [0.29, 0.717) is 5.92 Å². The van der Waals surface area contributed by atoms with Gasteiger partial charge in [-0.15, -0.1) is 35.9 Å². The Kier molecular flexibility index (Phi) is 8.97. The van der Waals surface area contributed by atoms with Gasteiger partial charge in [0.25, 0.3) is 0 Å². The number of aliphatic hydroxyl groups is 2. The fraction of sp³-hybridized carbons (Fsp3) is 0.516. The van der Waals surface area contributed by atoms with Crippen molar-refractivity contribution in [3.05, 3.63) is 66.4 Å². The average Bonchev–Trinajstić information content (AvgIpc) is 2.92. The Bertz CT molecular complexity index is 1110. The van der Waals surface area contributed by atoms with Gasteiger partial charge in [-0.3, -0.25) is 0 Å². The van der Waals surface area contributed by atoms with E-state index in [1.165, 1.54) is 35.6 Å². The number of benzene rings is 2. The number of hydrogen-bond acceptors (Lipinski definition) is 3. The van der Waals surface area contributed by atoms with Gasteiger partial charge in [-0.2, -0.15) is 0 Å². The van der Waals surface area contributed by atoms with Crippen LogP contribution in [0.25, 0.3) is 22.0 Å². The summed E-state index contributed by atoms with van der Waals surface area (Å²) in [7, 11) is 0. The molecular formula is C31H40IrNO2-. The van der Waals surface area contributed by atoms with E-state index in [4.69, 9.17) is 0 Å². The zero-order chi connectivity index (χ0) is 24.5. The molecule has 2 saturated carbocycles. The van der Waals surface area contributed by atoms with Crippen molar-refractivity contribution in [1.29, 1.82) is 0 Å². The molecule has 2 fully saturated rings. The topological polar surface area (TPSA) is 53.4 Å². The van der Waals surface area contributed by atoms with Gasteiger partial charge in [-0.05, 0) is 65.8 Å². The summed E-state index contributed by atoms with van der Waals surface area (Å²) >= 11 is 0. The van der Waals surface area contributed by atoms with Crippen molar-refractivity contribution in [1.82, 2.24) is 4.98 Å². The maximum absolute atomic E-state index is 10.7. The normalized spacial score (nSPS) is 26.9. The van der Waals surface area contributed by atoms with Gasteiger partial charge in [0.05, 0.1) is 12.2 Å². The summed E-state index contributed by atoms with van der Waals surface area (Å²) in [5.74, 6) is 0.603. The van der Waals surface area contributed by atoms with Gasteiger partial charge in [-0.1, -0.05) is 63.9 Å². The molecule has 0 aliphatic heterocycles. The van der Waals surface area contributed by atoms with Gasteiger partial charge in [0.2, 0.25) is 0 Å². The number of nitrogens with zero attached hydrogens (tertiary/aromatic N) is 1. The summed E-state index contributed by atoms with van der Waals surface area (Å²) in [5, 5.41) is 23.7. The van der Waals surface area contributed by atoms with Crippen molar-refractivity contribution < 1.29 is 30.3 Å². The monoisotopic (exact) mass is 651 g/mol. The Balaban J connectivity index is 0.000000190. The second-order valence-corrected chi connectivity index (χ2v) is 11.8. The molecular weight excluding hydrogens is 611 g/mol. The zero-order valence-electron chi connectivity index (χ0n) is 21.7. The molecule has 2 aromatic carbocycles. The predicted molar refractivity (Wildman–Crippen MR) is 140 cm³/mol. The van der Waals surface area contributed by atoms with E-state index in [0.717, 1.165) is 24.1 Å². The minimum atomic E-state index is -0.357. The smallest absolute Gasteiger partial charge is 0.0646 e. The molecule has 1 heterocycles. The van der Waals surface area contributed by atoms with Crippen LogP contribution >= 0.6 is 0 Å². The molecule has 0 spiro atoms. The van der Waals surface area contributed by atoms with Crippen molar-refractivity contribution >= 4 is 10.8 Å². The van der Waals surface area contributed by atoms with Crippen LogP contribution in [0, 0.1) is 35.7 Å². The molecule has 0 amide bonds. The van der Waals surface area contributed by atoms with E-state index >= 15 is 0 Å². The molecule has 35 heavy (non-hydrogen) atoms. The number of hydrogen-bond donors (Lipinski definition) is 2. The number of rotatable bonds is 1. The van der Waals surface area contributed by atoms with E-state index in [1.807, 2.05) is 30.5 Å². The van der Waals surface area contributed by atoms with E-state index in [1.54, 1.807) is 0 Å². The maximum Gasteiger partial charge on any atom is 0.0646 e. The zero-order valence-corrected chi connectivity index (χ0v) is 24.1. The Labute approximate surface area is 224 Å². The van der Waals surface area contributed by atoms with Crippen molar-refractivity contribution in [2.45, 2.75) is 78.9 Å². The first-order valence-corrected chi connectivity index (χ1v) is 12.8. The van der Waals surface area contributed by atoms with Gasteiger partial charge in [-0.25, -0.2) is 0 Å². The van der Waals surface area contributed by atoms with Crippen LogP contribution in [0.5, 0.6) is 0 Å². The third kappa shape index (κ3) is 6.23. The van der Waals surface area contributed by atoms with E-state index in [-0.39, 0.29) is 49.1 Å². The van der Waals surface area contributed by atoms with Crippen LogP contribution in [0.15, 0.2) is 54.7 Å². The van der Waals surface area contributed by atoms with Crippen LogP contribution in [-0.2, 0) is 20.1 Å². The second-order valence-electron chi connectivity index (χ2n) is 11.8. The first-order valence-electron chi connectivity index (χ1n) is 12.8. The van der Waals surface area contributed by atoms with Gasteiger partial charge in [0.15, 0.2) is 0 Å². The first-order chi connectivity index (χ1) is 16.1. The molecule has 0 saturated heterocycles. The van der Waals surface area contributed by atoms with Crippen LogP contribution < -0.4 is 0 Å². The average molecular weight is 651 g/mol. The third-order valence-corrected chi connectivity index (χ3v) is 8.29. The van der Waals surface area contributed by atoms with Crippen molar-refractivity contribution in [2.75, 3.05) is 0 Å². The van der Waals surface area contributed by atoms with Gasteiger partial charge < -0.3 is 15.2 Å². The Morgan fingerprint density at radius 3 is 2.29 bits per heavy atom. The minimum absolute atomic E-state index is 0. The van der Waals surface area contributed by atoms with Crippen molar-refractivity contribution in [3.8, 4) is 11.3 Å². The predicted octanol–water partition coefficient (Wildman–Crippen LogP) is 6.98. The molecule has 2 aliphatic carbocycles. The second kappa shape index (κ2) is 11.2. The summed E-state index contributed by atoms with van der Waals surface area (Å²) in [6.07, 6.45) is 6.92. The Morgan fingerprint density at radius 2 is 1.60 bits per heavy atom. The standard InChI is InChI=1S/C16H12N.C15H28O2.Ir/c1-12-7-8-14-11-17-16(10-15(14)9-12)13-5-3-2-4-6-13;1-14(2)8-5-6-10-7-9-15(3,4)13(17)11(10)12(14)16;/h2-5,7-11H,1H3;10-13,16-17H,5-9H2,1-4H3;/q-1;;. The fourth-order valence-corrected chi connectivity index (χ4v) is 5.89. The molecule has 191 valence electrons. The molecule has 4 unspecified atom stereocenters. The quantitative estimate of drug-likeness (QED) is 0.280. The number of fused-ring (bicyclic) bond motifs is 2. The third-order valence-electron chi connectivity index (χ3n) is 8.29. The van der Waals surface area contributed by atoms with E-state index < -0.39 is 0 Å². The molecule has 2 aliphatic rings. The van der Waals surface area contributed by atoms with Gasteiger partial charge >= 0.3 is 0 Å². The molecule has 1 radical (unpaired) electrons. The van der Waals surface area contributed by atoms with Crippen LogP contribution in [0.2, 0.25) is 0 Å². The fourth-order valence-electron chi connectivity index (χ4n) is 5.89. The molecule has 4 heteroatoms. The number of aliphatic hydroxyl groups excluding tert-OH is 2. The van der Waals surface area contributed by atoms with Crippen molar-refractivity contribution in [2.24, 2.45) is 22.7 Å². The molecule has 1 aromatic heterocycles. The summed E-state index contributed by atoms with van der Waals surface area (Å²) < 4.78 is 0. The van der Waals surface area contributed by atoms with Crippen LogP contribution in [0.3, 0.4) is 0 Å². The molecule has 0 bridgehead atoms. The molecule has 3 nitrogen and oxygen atoms in total. The first kappa shape index (κ1) is 28.0. The maximum atomic E-state index is 10.7. The van der Waals surface area contributed by atoms with Crippen LogP contribution in [0.1, 0.15) is 65.4 Å². The molecule has 2 N–H and O–H groups in total. The molecule has 3 aromatic rings. The van der Waals surface area contributed by atoms with Crippen LogP contribution in [-0.4, -0.2) is 27.4 Å².